The van der Waals surface area contributed by atoms with Crippen molar-refractivity contribution in [2.75, 3.05) is 0 Å². The lowest BCUT2D eigenvalue weighted by atomic mass is 10.2. The van der Waals surface area contributed by atoms with Gasteiger partial charge in [0.15, 0.2) is 0 Å². The molecule has 3 heteroatoms. The van der Waals surface area contributed by atoms with Crippen LogP contribution >= 0.6 is 7.26 Å². The average Bonchev–Trinajstić information content (AvgIpc) is 2.93. The molecule has 0 aliphatic rings. The molecule has 0 aliphatic carbocycles. The molecule has 0 fully saturated rings. The van der Waals surface area contributed by atoms with Crippen molar-refractivity contribution in [1.82, 2.24) is 0 Å². The van der Waals surface area contributed by atoms with Crippen LogP contribution in [-0.2, 0) is 12.8 Å². The summed E-state index contributed by atoms with van der Waals surface area (Å²) in [5, 5.41) is 4.18. The zero-order valence-electron chi connectivity index (χ0n) is 19.5. The summed E-state index contributed by atoms with van der Waals surface area (Å²) in [4.78, 5) is 0. The van der Waals surface area contributed by atoms with Gasteiger partial charge in [0.25, 0.3) is 0 Å². The van der Waals surface area contributed by atoms with Crippen molar-refractivity contribution >= 4 is 23.2 Å². The summed E-state index contributed by atoms with van der Waals surface area (Å²) in [5.74, 6) is 0.911. The van der Waals surface area contributed by atoms with Crippen molar-refractivity contribution in [1.29, 1.82) is 0 Å². The molecule has 35 heavy (non-hydrogen) atoms. The third-order valence-corrected chi connectivity index (χ3v) is 10.5. The Morgan fingerprint density at radius 2 is 0.886 bits per heavy atom. The van der Waals surface area contributed by atoms with Crippen molar-refractivity contribution in [2.24, 2.45) is 0 Å². The molecular formula is C32H28BrOP. The minimum Gasteiger partial charge on any atom is -1.00 e. The lowest BCUT2D eigenvalue weighted by Gasteiger charge is -2.28. The van der Waals surface area contributed by atoms with Crippen LogP contribution in [0.3, 0.4) is 0 Å². The van der Waals surface area contributed by atoms with E-state index in [1.165, 1.54) is 27.0 Å². The number of rotatable bonds is 8. The highest BCUT2D eigenvalue weighted by Gasteiger charge is 2.45. The molecular weight excluding hydrogens is 511 g/mol. The summed E-state index contributed by atoms with van der Waals surface area (Å²) < 4.78 is 6.18. The minimum atomic E-state index is -1.93. The molecule has 5 aromatic rings. The molecule has 0 saturated carbocycles. The molecule has 174 valence electrons. The zero-order valence-corrected chi connectivity index (χ0v) is 22.0. The van der Waals surface area contributed by atoms with Crippen LogP contribution in [0.2, 0.25) is 0 Å². The lowest BCUT2D eigenvalue weighted by Crippen LogP contribution is -3.00. The maximum Gasteiger partial charge on any atom is 0.120 e. The molecule has 1 nitrogen and oxygen atoms in total. The van der Waals surface area contributed by atoms with Crippen LogP contribution in [0.15, 0.2) is 146 Å². The number of halogens is 1. The number of benzene rings is 5. The van der Waals surface area contributed by atoms with Crippen LogP contribution in [-0.4, -0.2) is 0 Å². The fourth-order valence-corrected chi connectivity index (χ4v) is 8.75. The number of hydrogen-bond donors (Lipinski definition) is 0. The molecule has 0 aliphatic heterocycles. The maximum atomic E-state index is 6.18. The van der Waals surface area contributed by atoms with E-state index >= 15 is 0 Å². The highest BCUT2D eigenvalue weighted by Crippen LogP contribution is 2.58. The smallest absolute Gasteiger partial charge is 0.120 e. The Labute approximate surface area is 219 Å². The molecule has 0 spiro atoms. The van der Waals surface area contributed by atoms with Gasteiger partial charge in [0.1, 0.15) is 35.5 Å². The normalized spacial score (nSPS) is 10.9. The summed E-state index contributed by atoms with van der Waals surface area (Å²) in [5.41, 5.74) is 2.46. The van der Waals surface area contributed by atoms with E-state index in [-0.39, 0.29) is 17.0 Å². The molecule has 0 heterocycles. The van der Waals surface area contributed by atoms with Crippen molar-refractivity contribution in [3.63, 3.8) is 0 Å². The quantitative estimate of drug-likeness (QED) is 0.273. The van der Waals surface area contributed by atoms with E-state index in [9.17, 15) is 0 Å². The van der Waals surface area contributed by atoms with Crippen molar-refractivity contribution < 1.29 is 21.7 Å². The summed E-state index contributed by atoms with van der Waals surface area (Å²) in [6.07, 6.45) is 0.938. The van der Waals surface area contributed by atoms with Crippen LogP contribution in [0.1, 0.15) is 11.1 Å². The second-order valence-electron chi connectivity index (χ2n) is 8.40. The fourth-order valence-electron chi connectivity index (χ4n) is 4.52. The molecule has 5 aromatic carbocycles. The van der Waals surface area contributed by atoms with Gasteiger partial charge in [-0.2, -0.15) is 0 Å². The van der Waals surface area contributed by atoms with E-state index in [1.54, 1.807) is 0 Å². The van der Waals surface area contributed by atoms with E-state index < -0.39 is 7.26 Å². The van der Waals surface area contributed by atoms with Gasteiger partial charge in [-0.05, 0) is 59.7 Å². The highest BCUT2D eigenvalue weighted by molar-refractivity contribution is 7.95. The van der Waals surface area contributed by atoms with Gasteiger partial charge < -0.3 is 21.7 Å². The first-order chi connectivity index (χ1) is 16.8. The largest absolute Gasteiger partial charge is 1.00 e. The monoisotopic (exact) mass is 538 g/mol. The van der Waals surface area contributed by atoms with Gasteiger partial charge in [-0.25, -0.2) is 0 Å². The number of ether oxygens (including phenoxy) is 1. The van der Waals surface area contributed by atoms with Crippen LogP contribution in [0, 0.1) is 0 Å². The van der Waals surface area contributed by atoms with Gasteiger partial charge in [-0.1, -0.05) is 97.1 Å². The first kappa shape index (κ1) is 24.9. The molecule has 5 rings (SSSR count). The van der Waals surface area contributed by atoms with E-state index in [0.717, 1.165) is 11.9 Å². The Balaban J connectivity index is 0.00000289. The predicted octanol–water partition coefficient (Wildman–Crippen LogP) is 3.76. The van der Waals surface area contributed by atoms with Gasteiger partial charge in [0.05, 0.1) is 6.16 Å². The summed E-state index contributed by atoms with van der Waals surface area (Å²) in [6.45, 7) is 0.570. The van der Waals surface area contributed by atoms with Gasteiger partial charge in [0.2, 0.25) is 0 Å². The van der Waals surface area contributed by atoms with Crippen LogP contribution in [0.4, 0.5) is 0 Å². The second-order valence-corrected chi connectivity index (χ2v) is 11.9. The molecule has 0 aromatic heterocycles. The van der Waals surface area contributed by atoms with E-state index in [1.807, 2.05) is 18.2 Å². The Hall–Kier alpha value is -3.19. The standard InChI is InChI=1S/C32H28OP.BrH/c1-5-14-27(15-6-1)25-33-29-17-13-16-28(24-29)26-34(30-18-7-2-8-19-30,31-20-9-3-10-21-31)32-22-11-4-12-23-32;/h1-24H,25-26H2;1H/q+1;/p-1. The second kappa shape index (κ2) is 12.0. The summed E-state index contributed by atoms with van der Waals surface area (Å²) >= 11 is 0. The highest BCUT2D eigenvalue weighted by atomic mass is 79.9. The maximum absolute atomic E-state index is 6.18. The van der Waals surface area contributed by atoms with Gasteiger partial charge >= 0.3 is 0 Å². The molecule has 0 atom stereocenters. The van der Waals surface area contributed by atoms with Gasteiger partial charge in [-0.15, -0.1) is 0 Å². The van der Waals surface area contributed by atoms with Gasteiger partial charge in [-0.3, -0.25) is 0 Å². The Kier molecular flexibility index (Phi) is 8.53. The van der Waals surface area contributed by atoms with Gasteiger partial charge in [0, 0.05) is 0 Å². The van der Waals surface area contributed by atoms with Crippen molar-refractivity contribution in [2.45, 2.75) is 12.8 Å². The van der Waals surface area contributed by atoms with Crippen LogP contribution in [0.5, 0.6) is 5.75 Å². The Morgan fingerprint density at radius 1 is 0.457 bits per heavy atom. The topological polar surface area (TPSA) is 9.23 Å². The van der Waals surface area contributed by atoms with E-state index in [0.29, 0.717) is 6.61 Å². The molecule has 0 saturated heterocycles. The van der Waals surface area contributed by atoms with Crippen molar-refractivity contribution in [3.8, 4) is 5.75 Å². The SMILES string of the molecule is [Br-].c1ccc(COc2cccc(C[P+](c3ccccc3)(c3ccccc3)c3ccccc3)c2)cc1. The minimum absolute atomic E-state index is 0. The third-order valence-electron chi connectivity index (χ3n) is 6.16. The summed E-state index contributed by atoms with van der Waals surface area (Å²) in [7, 11) is -1.93. The predicted molar refractivity (Wildman–Crippen MR) is 146 cm³/mol. The van der Waals surface area contributed by atoms with Crippen molar-refractivity contribution in [3.05, 3.63) is 157 Å². The third kappa shape index (κ3) is 5.73. The van der Waals surface area contributed by atoms with E-state index in [2.05, 4.69) is 127 Å². The molecule has 0 unspecified atom stereocenters. The Morgan fingerprint density at radius 3 is 1.37 bits per heavy atom. The zero-order chi connectivity index (χ0) is 23.1. The molecule has 0 N–H and O–H groups in total. The Bertz CT molecular complexity index is 1210. The van der Waals surface area contributed by atoms with E-state index in [4.69, 9.17) is 4.74 Å². The molecule has 0 bridgehead atoms. The average molecular weight is 539 g/mol. The fraction of sp³-hybridized carbons (Fsp3) is 0.0625. The van der Waals surface area contributed by atoms with Crippen LogP contribution < -0.4 is 37.6 Å². The number of hydrogen-bond acceptors (Lipinski definition) is 1. The molecule has 0 radical (unpaired) electrons. The van der Waals surface area contributed by atoms with Crippen LogP contribution in [0.25, 0.3) is 0 Å². The first-order valence-corrected chi connectivity index (χ1v) is 13.6. The molecule has 0 amide bonds. The lowest BCUT2D eigenvalue weighted by molar-refractivity contribution is -0.00000699. The summed E-state index contributed by atoms with van der Waals surface area (Å²) in [6, 6.07) is 52.0. The first-order valence-electron chi connectivity index (χ1n) is 11.7.